The van der Waals surface area contributed by atoms with Gasteiger partial charge < -0.3 is 9.47 Å². The average molecular weight is 448 g/mol. The monoisotopic (exact) mass is 447 g/mol. The number of hydrogen-bond donors (Lipinski definition) is 1. The zero-order chi connectivity index (χ0) is 22.7. The van der Waals surface area contributed by atoms with Crippen LogP contribution in [0.2, 0.25) is 5.02 Å². The summed E-state index contributed by atoms with van der Waals surface area (Å²) < 4.78 is 12.0. The van der Waals surface area contributed by atoms with E-state index in [2.05, 4.69) is 10.1 Å². The number of aliphatic imine (C=N–C) groups is 1. The van der Waals surface area contributed by atoms with E-state index in [1.54, 1.807) is 26.4 Å². The molecule has 0 aliphatic rings. The first kappa shape index (κ1) is 21.5. The second-order valence-corrected chi connectivity index (χ2v) is 7.54. The number of benzene rings is 3. The Hall–Kier alpha value is -3.77. The van der Waals surface area contributed by atoms with Gasteiger partial charge in [0.1, 0.15) is 11.5 Å². The van der Waals surface area contributed by atoms with Crippen LogP contribution in [-0.2, 0) is 0 Å². The van der Waals surface area contributed by atoms with E-state index in [-0.39, 0.29) is 5.56 Å². The molecule has 32 heavy (non-hydrogen) atoms. The zero-order valence-electron chi connectivity index (χ0n) is 17.9. The van der Waals surface area contributed by atoms with Gasteiger partial charge in [0.15, 0.2) is 0 Å². The highest BCUT2D eigenvalue weighted by Gasteiger charge is 2.19. The predicted octanol–water partition coefficient (Wildman–Crippen LogP) is 5.64. The molecule has 7 heteroatoms. The number of rotatable bonds is 6. The third kappa shape index (κ3) is 4.31. The minimum absolute atomic E-state index is 0.198. The number of ether oxygens (including phenoxy) is 2. The van der Waals surface area contributed by atoms with Crippen LogP contribution in [-0.4, -0.2) is 29.7 Å². The molecule has 0 spiro atoms. The molecule has 4 rings (SSSR count). The van der Waals surface area contributed by atoms with Crippen molar-refractivity contribution in [1.29, 1.82) is 0 Å². The van der Waals surface area contributed by atoms with Crippen molar-refractivity contribution in [3.63, 3.8) is 0 Å². The molecule has 0 unspecified atom stereocenters. The SMILES string of the molecule is COc1ccc(-c2[nH]n(-c3ccc(OC)cc3)c(=O)c2C(C)=Nc2ccc(Cl)cc2)cc1. The maximum atomic E-state index is 13.5. The molecule has 0 radical (unpaired) electrons. The van der Waals surface area contributed by atoms with Crippen LogP contribution in [0.15, 0.2) is 82.6 Å². The van der Waals surface area contributed by atoms with Crippen molar-refractivity contribution in [3.05, 3.63) is 93.7 Å². The number of aromatic amines is 1. The Bertz CT molecular complexity index is 1300. The van der Waals surface area contributed by atoms with E-state index in [9.17, 15) is 4.79 Å². The van der Waals surface area contributed by atoms with Crippen molar-refractivity contribution in [3.8, 4) is 28.4 Å². The van der Waals surface area contributed by atoms with Gasteiger partial charge >= 0.3 is 0 Å². The molecule has 0 bridgehead atoms. The lowest BCUT2D eigenvalue weighted by Crippen LogP contribution is -2.19. The highest BCUT2D eigenvalue weighted by atomic mass is 35.5. The van der Waals surface area contributed by atoms with Gasteiger partial charge in [-0.3, -0.25) is 14.9 Å². The summed E-state index contributed by atoms with van der Waals surface area (Å²) in [5, 5.41) is 3.88. The summed E-state index contributed by atoms with van der Waals surface area (Å²) in [5.74, 6) is 1.45. The fourth-order valence-corrected chi connectivity index (χ4v) is 3.54. The van der Waals surface area contributed by atoms with Crippen LogP contribution in [0.1, 0.15) is 12.5 Å². The molecule has 4 aromatic rings. The summed E-state index contributed by atoms with van der Waals surface area (Å²) in [6.07, 6.45) is 0. The van der Waals surface area contributed by atoms with E-state index in [0.717, 1.165) is 11.3 Å². The fraction of sp³-hybridized carbons (Fsp3) is 0.120. The van der Waals surface area contributed by atoms with Gasteiger partial charge in [0.05, 0.1) is 42.6 Å². The number of nitrogens with zero attached hydrogens (tertiary/aromatic N) is 2. The number of aromatic nitrogens is 2. The topological polar surface area (TPSA) is 68.6 Å². The van der Waals surface area contributed by atoms with Crippen molar-refractivity contribution in [2.45, 2.75) is 6.92 Å². The van der Waals surface area contributed by atoms with Crippen LogP contribution in [0.5, 0.6) is 11.5 Å². The van der Waals surface area contributed by atoms with Crippen LogP contribution >= 0.6 is 11.6 Å². The summed E-state index contributed by atoms with van der Waals surface area (Å²) in [6.45, 7) is 1.82. The fourth-order valence-electron chi connectivity index (χ4n) is 3.42. The summed E-state index contributed by atoms with van der Waals surface area (Å²) in [6, 6.07) is 21.9. The van der Waals surface area contributed by atoms with Crippen molar-refractivity contribution in [1.82, 2.24) is 9.78 Å². The summed E-state index contributed by atoms with van der Waals surface area (Å²) >= 11 is 5.99. The number of nitrogens with one attached hydrogen (secondary N) is 1. The minimum atomic E-state index is -0.198. The molecule has 6 nitrogen and oxygen atoms in total. The maximum absolute atomic E-state index is 13.5. The Morgan fingerprint density at radius 1 is 0.875 bits per heavy atom. The third-order valence-corrected chi connectivity index (χ3v) is 5.34. The molecule has 1 aromatic heterocycles. The van der Waals surface area contributed by atoms with Crippen LogP contribution in [0.25, 0.3) is 16.9 Å². The molecule has 0 saturated heterocycles. The third-order valence-electron chi connectivity index (χ3n) is 5.09. The van der Waals surface area contributed by atoms with E-state index in [1.165, 1.54) is 4.68 Å². The molecule has 0 aliphatic carbocycles. The average Bonchev–Trinajstić information content (AvgIpc) is 3.17. The standard InChI is InChI=1S/C25H22ClN3O3/c1-16(27-19-8-6-18(26)7-9-19)23-24(17-4-12-21(31-2)13-5-17)28-29(25(23)30)20-10-14-22(32-3)15-11-20/h4-15,28H,1-3H3. The summed E-state index contributed by atoms with van der Waals surface area (Å²) in [5.41, 5.74) is 3.79. The first-order valence-corrected chi connectivity index (χ1v) is 10.3. The van der Waals surface area contributed by atoms with E-state index < -0.39 is 0 Å². The largest absolute Gasteiger partial charge is 0.497 e. The number of H-pyrrole nitrogens is 1. The van der Waals surface area contributed by atoms with Gasteiger partial charge in [-0.15, -0.1) is 0 Å². The molecule has 0 atom stereocenters. The second-order valence-electron chi connectivity index (χ2n) is 7.10. The normalized spacial score (nSPS) is 11.4. The summed E-state index contributed by atoms with van der Waals surface area (Å²) in [4.78, 5) is 18.2. The van der Waals surface area contributed by atoms with E-state index in [0.29, 0.717) is 39.1 Å². The molecular weight excluding hydrogens is 426 g/mol. The lowest BCUT2D eigenvalue weighted by molar-refractivity contribution is 0.414. The lowest BCUT2D eigenvalue weighted by atomic mass is 10.0. The van der Waals surface area contributed by atoms with Crippen molar-refractivity contribution >= 4 is 23.0 Å². The quantitative estimate of drug-likeness (QED) is 0.388. The number of hydrogen-bond acceptors (Lipinski definition) is 4. The minimum Gasteiger partial charge on any atom is -0.497 e. The summed E-state index contributed by atoms with van der Waals surface area (Å²) in [7, 11) is 3.22. The van der Waals surface area contributed by atoms with Gasteiger partial charge in [0.2, 0.25) is 0 Å². The molecular formula is C25H22ClN3O3. The number of methoxy groups -OCH3 is 2. The molecule has 0 fully saturated rings. The van der Waals surface area contributed by atoms with Crippen LogP contribution in [0.4, 0.5) is 5.69 Å². The van der Waals surface area contributed by atoms with Crippen molar-refractivity contribution in [2.24, 2.45) is 4.99 Å². The number of halogens is 1. The van der Waals surface area contributed by atoms with Crippen LogP contribution < -0.4 is 15.0 Å². The zero-order valence-corrected chi connectivity index (χ0v) is 18.7. The van der Waals surface area contributed by atoms with E-state index >= 15 is 0 Å². The Morgan fingerprint density at radius 3 is 2.00 bits per heavy atom. The molecule has 0 aliphatic heterocycles. The van der Waals surface area contributed by atoms with Gasteiger partial charge in [0, 0.05) is 10.6 Å². The highest BCUT2D eigenvalue weighted by Crippen LogP contribution is 2.26. The Balaban J connectivity index is 1.87. The predicted molar refractivity (Wildman–Crippen MR) is 128 cm³/mol. The van der Waals surface area contributed by atoms with Gasteiger partial charge in [0.25, 0.3) is 5.56 Å². The van der Waals surface area contributed by atoms with Crippen LogP contribution in [0.3, 0.4) is 0 Å². The van der Waals surface area contributed by atoms with Gasteiger partial charge in [-0.1, -0.05) is 11.6 Å². The Kier molecular flexibility index (Phi) is 6.14. The van der Waals surface area contributed by atoms with Gasteiger partial charge in [-0.05, 0) is 79.7 Å². The molecule has 0 amide bonds. The van der Waals surface area contributed by atoms with Crippen molar-refractivity contribution < 1.29 is 9.47 Å². The molecule has 0 saturated carbocycles. The highest BCUT2D eigenvalue weighted by molar-refractivity contribution is 6.30. The molecule has 1 heterocycles. The van der Waals surface area contributed by atoms with E-state index in [4.69, 9.17) is 21.1 Å². The molecule has 1 N–H and O–H groups in total. The Morgan fingerprint density at radius 2 is 1.44 bits per heavy atom. The molecule has 3 aromatic carbocycles. The maximum Gasteiger partial charge on any atom is 0.280 e. The second kappa shape index (κ2) is 9.16. The van der Waals surface area contributed by atoms with E-state index in [1.807, 2.05) is 67.6 Å². The molecule has 162 valence electrons. The smallest absolute Gasteiger partial charge is 0.280 e. The Labute approximate surface area is 190 Å². The van der Waals surface area contributed by atoms with Gasteiger partial charge in [-0.25, -0.2) is 4.68 Å². The van der Waals surface area contributed by atoms with Crippen LogP contribution in [0, 0.1) is 0 Å². The first-order chi connectivity index (χ1) is 15.5. The lowest BCUT2D eigenvalue weighted by Gasteiger charge is -2.05. The van der Waals surface area contributed by atoms with Gasteiger partial charge in [-0.2, -0.15) is 0 Å². The first-order valence-electron chi connectivity index (χ1n) is 9.95. The van der Waals surface area contributed by atoms with Crippen molar-refractivity contribution in [2.75, 3.05) is 14.2 Å².